The molecular weight excluding hydrogens is 494 g/mol. The Kier molecular flexibility index (Phi) is 7.66. The minimum absolute atomic E-state index is 0.0575. The summed E-state index contributed by atoms with van der Waals surface area (Å²) in [4.78, 5) is 48.1. The van der Waals surface area contributed by atoms with E-state index in [1.807, 2.05) is 20.8 Å². The summed E-state index contributed by atoms with van der Waals surface area (Å²) in [7, 11) is 3.26. The second-order valence-corrected chi connectivity index (χ2v) is 11.2. The molecule has 1 saturated heterocycles. The van der Waals surface area contributed by atoms with Crippen LogP contribution in [-0.4, -0.2) is 60.5 Å². The van der Waals surface area contributed by atoms with Crippen molar-refractivity contribution >= 4 is 51.6 Å². The van der Waals surface area contributed by atoms with Crippen LogP contribution in [-0.2, 0) is 15.5 Å². The van der Waals surface area contributed by atoms with Gasteiger partial charge in [-0.3, -0.25) is 18.4 Å². The molecule has 2 aromatic heterocycles. The highest BCUT2D eigenvalue weighted by atomic mass is 32.2. The zero-order chi connectivity index (χ0) is 25.6. The molecule has 0 radical (unpaired) electrons. The molecular formula is C22H32N4O5P2S. The fourth-order valence-electron chi connectivity index (χ4n) is 4.81. The molecule has 1 saturated carbocycles. The molecule has 2 aromatic rings. The van der Waals surface area contributed by atoms with Crippen LogP contribution in [0.4, 0.5) is 4.79 Å². The highest BCUT2D eigenvalue weighted by molar-refractivity contribution is 7.92. The summed E-state index contributed by atoms with van der Waals surface area (Å²) in [5.41, 5.74) is 0.0963. The van der Waals surface area contributed by atoms with Crippen LogP contribution in [0.3, 0.4) is 0 Å². The number of nitrogens with zero attached hydrogens (tertiary/aromatic N) is 4. The number of hydrogen-bond acceptors (Lipinski definition) is 7. The minimum Gasteiger partial charge on any atom is -0.444 e. The summed E-state index contributed by atoms with van der Waals surface area (Å²) in [6.07, 6.45) is 4.08. The maximum absolute atomic E-state index is 13.3. The van der Waals surface area contributed by atoms with E-state index in [0.29, 0.717) is 42.5 Å². The molecule has 0 aromatic carbocycles. The van der Waals surface area contributed by atoms with Crippen LogP contribution >= 0.6 is 17.9 Å². The van der Waals surface area contributed by atoms with E-state index < -0.39 is 16.4 Å². The van der Waals surface area contributed by atoms with Gasteiger partial charge in [0, 0.05) is 42.4 Å². The molecule has 0 bridgehead atoms. The molecule has 1 spiro atoms. The molecule has 3 unspecified atom stereocenters. The van der Waals surface area contributed by atoms with Gasteiger partial charge in [0.25, 0.3) is 5.56 Å². The van der Waals surface area contributed by atoms with Crippen LogP contribution < -0.4 is 5.56 Å². The predicted octanol–water partition coefficient (Wildman–Crippen LogP) is 3.26. The van der Waals surface area contributed by atoms with E-state index in [-0.39, 0.29) is 39.6 Å². The maximum atomic E-state index is 13.3. The van der Waals surface area contributed by atoms with E-state index >= 15 is 0 Å². The van der Waals surface area contributed by atoms with Gasteiger partial charge in [0.1, 0.15) is 11.2 Å². The van der Waals surface area contributed by atoms with Crippen molar-refractivity contribution in [2.75, 3.05) is 19.3 Å². The Hall–Kier alpha value is -1.76. The van der Waals surface area contributed by atoms with Crippen LogP contribution in [0.1, 0.15) is 62.5 Å². The van der Waals surface area contributed by atoms with E-state index in [2.05, 4.69) is 27.8 Å². The van der Waals surface area contributed by atoms with Crippen molar-refractivity contribution in [3.05, 3.63) is 27.7 Å². The van der Waals surface area contributed by atoms with Crippen LogP contribution in [0.5, 0.6) is 0 Å². The number of likely N-dealkylation sites (tertiary alicyclic amines) is 1. The molecule has 4 rings (SSSR count). The van der Waals surface area contributed by atoms with Gasteiger partial charge in [-0.15, -0.1) is 17.9 Å². The first-order valence-electron chi connectivity index (χ1n) is 10.9. The number of fused-ring (bicyclic) bond motifs is 1. The number of ether oxygens (including phenoxy) is 1. The van der Waals surface area contributed by atoms with Gasteiger partial charge in [0.05, 0.1) is 16.4 Å². The van der Waals surface area contributed by atoms with Crippen molar-refractivity contribution in [2.24, 2.45) is 5.41 Å². The van der Waals surface area contributed by atoms with Crippen molar-refractivity contribution in [1.82, 2.24) is 19.4 Å². The van der Waals surface area contributed by atoms with Crippen molar-refractivity contribution in [1.29, 1.82) is 0 Å². The zero-order valence-electron chi connectivity index (χ0n) is 20.4. The number of rotatable bonds is 3. The standard InChI is InChI=1S/C22H28N4O5S.H4P2/c1-12-15-9-23-19(32(6)30)24-17(15)26(18(28)16(12)13(2)27)14-7-22(8-14)10-25(11-22)20(29)31-21(3,4)5;1-2/h9,14H,7-8,10-11H2,1-6H3;1-2H2. The fourth-order valence-corrected chi connectivity index (χ4v) is 5.22. The zero-order valence-corrected chi connectivity index (χ0v) is 23.5. The van der Waals surface area contributed by atoms with Crippen molar-refractivity contribution < 1.29 is 18.5 Å². The molecule has 2 fully saturated rings. The lowest BCUT2D eigenvalue weighted by Gasteiger charge is -2.58. The van der Waals surface area contributed by atoms with Gasteiger partial charge in [-0.25, -0.2) is 14.8 Å². The van der Waals surface area contributed by atoms with Crippen LogP contribution in [0.25, 0.3) is 11.0 Å². The van der Waals surface area contributed by atoms with Crippen LogP contribution in [0.2, 0.25) is 0 Å². The van der Waals surface area contributed by atoms with E-state index in [0.717, 1.165) is 0 Å². The molecule has 0 N–H and O–H groups in total. The SMILES string of the molecule is CC(=O)c1c(C)c2cnc(S(C)=O)nc2n(C2CC3(C2)CN(C(=O)OC(C)(C)C)C3)c1=O.PP. The van der Waals surface area contributed by atoms with Gasteiger partial charge < -0.3 is 9.64 Å². The highest BCUT2D eigenvalue weighted by Gasteiger charge is 2.55. The Morgan fingerprint density at radius 1 is 1.24 bits per heavy atom. The number of aromatic nitrogens is 3. The summed E-state index contributed by atoms with van der Waals surface area (Å²) in [6, 6.07) is -0.155. The molecule has 1 amide bonds. The summed E-state index contributed by atoms with van der Waals surface area (Å²) < 4.78 is 19.0. The van der Waals surface area contributed by atoms with Gasteiger partial charge in [-0.1, -0.05) is 0 Å². The number of carbonyl (C=O) groups is 2. The molecule has 9 nitrogen and oxygen atoms in total. The van der Waals surface area contributed by atoms with Crippen molar-refractivity contribution in [3.63, 3.8) is 0 Å². The molecule has 12 heteroatoms. The molecule has 34 heavy (non-hydrogen) atoms. The third-order valence-corrected chi connectivity index (χ3v) is 6.91. The van der Waals surface area contributed by atoms with Gasteiger partial charge in [0.15, 0.2) is 5.78 Å². The first-order valence-corrected chi connectivity index (χ1v) is 15.1. The van der Waals surface area contributed by atoms with Crippen LogP contribution in [0, 0.1) is 12.3 Å². The lowest BCUT2D eigenvalue weighted by molar-refractivity contribution is -0.0906. The van der Waals surface area contributed by atoms with Crippen molar-refractivity contribution in [2.45, 2.75) is 64.3 Å². The second kappa shape index (κ2) is 9.71. The van der Waals surface area contributed by atoms with Crippen molar-refractivity contribution in [3.8, 4) is 0 Å². The van der Waals surface area contributed by atoms with E-state index in [9.17, 15) is 18.6 Å². The molecule has 186 valence electrons. The van der Waals surface area contributed by atoms with Gasteiger partial charge >= 0.3 is 6.09 Å². The smallest absolute Gasteiger partial charge is 0.410 e. The number of Topliss-reactive ketones (excluding diaryl/α,β-unsaturated/α-hetero) is 1. The number of hydrogen-bond donors (Lipinski definition) is 0. The van der Waals surface area contributed by atoms with E-state index in [1.165, 1.54) is 13.2 Å². The monoisotopic (exact) mass is 526 g/mol. The third-order valence-electron chi connectivity index (χ3n) is 6.20. The second-order valence-electron chi connectivity index (χ2n) is 9.97. The quantitative estimate of drug-likeness (QED) is 0.343. The van der Waals surface area contributed by atoms with Gasteiger partial charge in [-0.2, -0.15) is 0 Å². The Balaban J connectivity index is 0.00000158. The molecule has 3 atom stereocenters. The minimum atomic E-state index is -1.40. The average molecular weight is 527 g/mol. The lowest BCUT2D eigenvalue weighted by atomic mass is 9.60. The predicted molar refractivity (Wildman–Crippen MR) is 139 cm³/mol. The maximum Gasteiger partial charge on any atom is 0.410 e. The molecule has 2 aliphatic rings. The number of carbonyl (C=O) groups excluding carboxylic acids is 2. The van der Waals surface area contributed by atoms with Crippen LogP contribution in [0.15, 0.2) is 16.1 Å². The summed E-state index contributed by atoms with van der Waals surface area (Å²) in [5.74, 6) is -0.305. The highest BCUT2D eigenvalue weighted by Crippen LogP contribution is 2.54. The number of amides is 1. The topological polar surface area (TPSA) is 111 Å². The number of pyridine rings is 1. The Morgan fingerprint density at radius 3 is 2.32 bits per heavy atom. The Morgan fingerprint density at radius 2 is 1.82 bits per heavy atom. The lowest BCUT2D eigenvalue weighted by Crippen LogP contribution is -2.64. The molecule has 1 aliphatic heterocycles. The van der Waals surface area contributed by atoms with Gasteiger partial charge in [-0.05, 0) is 53.0 Å². The fraction of sp³-hybridized carbons (Fsp3) is 0.591. The Bertz CT molecular complexity index is 1230. The number of aryl methyl sites for hydroxylation is 1. The van der Waals surface area contributed by atoms with E-state index in [4.69, 9.17) is 4.74 Å². The first-order chi connectivity index (χ1) is 15.8. The summed E-state index contributed by atoms with van der Waals surface area (Å²) in [5, 5.41) is 0.753. The number of ketones is 1. The first kappa shape index (κ1) is 26.8. The molecule has 3 heterocycles. The third kappa shape index (κ3) is 4.95. The van der Waals surface area contributed by atoms with E-state index in [1.54, 1.807) is 22.6 Å². The largest absolute Gasteiger partial charge is 0.444 e. The average Bonchev–Trinajstić information content (AvgIpc) is 2.67. The summed E-state index contributed by atoms with van der Waals surface area (Å²) in [6.45, 7) is 9.75. The normalized spacial score (nSPS) is 17.9. The summed E-state index contributed by atoms with van der Waals surface area (Å²) >= 11 is 0. The van der Waals surface area contributed by atoms with Gasteiger partial charge in [0.2, 0.25) is 5.16 Å². The molecule has 1 aliphatic carbocycles. The Labute approximate surface area is 206 Å².